The number of rotatable bonds is 5. The monoisotopic (exact) mass is 443 g/mol. The van der Waals surface area contributed by atoms with Crippen LogP contribution in [0.1, 0.15) is 47.7 Å². The predicted molar refractivity (Wildman–Crippen MR) is 126 cm³/mol. The van der Waals surface area contributed by atoms with Gasteiger partial charge in [-0.15, -0.1) is 0 Å². The van der Waals surface area contributed by atoms with Crippen LogP contribution in [0.3, 0.4) is 0 Å². The largest absolute Gasteiger partial charge is 0.495 e. The Morgan fingerprint density at radius 3 is 2.67 bits per heavy atom. The second kappa shape index (κ2) is 8.65. The SMILES string of the molecule is COc1cc(/C=C/c2nc3n(n2)CC[C@H](C)[C@H]3c2ccc(F)cc2)ccc1-n1cnc(C)c1. The number of aryl methyl sites for hydroxylation is 2. The highest BCUT2D eigenvalue weighted by molar-refractivity contribution is 5.69. The van der Waals surface area contributed by atoms with Crippen LogP contribution in [-0.4, -0.2) is 31.4 Å². The maximum atomic E-state index is 13.4. The van der Waals surface area contributed by atoms with Crippen molar-refractivity contribution in [2.24, 2.45) is 5.92 Å². The normalized spacial score (nSPS) is 17.9. The van der Waals surface area contributed by atoms with E-state index in [2.05, 4.69) is 11.9 Å². The van der Waals surface area contributed by atoms with Crippen LogP contribution in [0, 0.1) is 18.7 Å². The highest BCUT2D eigenvalue weighted by atomic mass is 19.1. The lowest BCUT2D eigenvalue weighted by atomic mass is 9.82. The van der Waals surface area contributed by atoms with Gasteiger partial charge in [0.2, 0.25) is 0 Å². The molecule has 0 radical (unpaired) electrons. The predicted octanol–water partition coefficient (Wildman–Crippen LogP) is 5.26. The molecule has 2 atom stereocenters. The van der Waals surface area contributed by atoms with Crippen molar-refractivity contribution in [3.8, 4) is 11.4 Å². The van der Waals surface area contributed by atoms with Crippen molar-refractivity contribution >= 4 is 12.2 Å². The van der Waals surface area contributed by atoms with Gasteiger partial charge in [0, 0.05) is 18.7 Å². The van der Waals surface area contributed by atoms with Gasteiger partial charge >= 0.3 is 0 Å². The summed E-state index contributed by atoms with van der Waals surface area (Å²) in [5.74, 6) is 2.65. The van der Waals surface area contributed by atoms with Crippen molar-refractivity contribution < 1.29 is 9.13 Å². The molecule has 2 aromatic carbocycles. The van der Waals surface area contributed by atoms with E-state index in [0.29, 0.717) is 11.7 Å². The minimum absolute atomic E-state index is 0.104. The number of ether oxygens (including phenoxy) is 1. The van der Waals surface area contributed by atoms with Crippen LogP contribution >= 0.6 is 0 Å². The van der Waals surface area contributed by atoms with Crippen LogP contribution in [0.5, 0.6) is 5.75 Å². The molecule has 0 N–H and O–H groups in total. The maximum Gasteiger partial charge on any atom is 0.174 e. The summed E-state index contributed by atoms with van der Waals surface area (Å²) in [5, 5.41) is 4.71. The summed E-state index contributed by atoms with van der Waals surface area (Å²) < 4.78 is 23.0. The Kier molecular flexibility index (Phi) is 5.54. The Bertz CT molecular complexity index is 1300. The van der Waals surface area contributed by atoms with E-state index in [9.17, 15) is 4.39 Å². The smallest absolute Gasteiger partial charge is 0.174 e. The van der Waals surface area contributed by atoms with Crippen LogP contribution in [0.2, 0.25) is 0 Å². The second-order valence-corrected chi connectivity index (χ2v) is 8.53. The van der Waals surface area contributed by atoms with Crippen LogP contribution in [-0.2, 0) is 6.54 Å². The average molecular weight is 444 g/mol. The first kappa shape index (κ1) is 21.1. The van der Waals surface area contributed by atoms with E-state index in [1.165, 1.54) is 12.1 Å². The molecule has 7 heteroatoms. The van der Waals surface area contributed by atoms with Gasteiger partial charge in [0.1, 0.15) is 17.4 Å². The van der Waals surface area contributed by atoms with Crippen molar-refractivity contribution in [3.63, 3.8) is 0 Å². The number of hydrogen-bond acceptors (Lipinski definition) is 4. The molecule has 5 rings (SSSR count). The lowest BCUT2D eigenvalue weighted by Crippen LogP contribution is -2.24. The minimum Gasteiger partial charge on any atom is -0.495 e. The zero-order chi connectivity index (χ0) is 22.9. The number of halogens is 1. The number of aromatic nitrogens is 5. The maximum absolute atomic E-state index is 13.4. The lowest BCUT2D eigenvalue weighted by Gasteiger charge is -2.28. The fraction of sp³-hybridized carbons (Fsp3) is 0.269. The summed E-state index contributed by atoms with van der Waals surface area (Å²) in [6.07, 6.45) is 8.66. The number of hydrogen-bond donors (Lipinski definition) is 0. The Balaban J connectivity index is 1.42. The molecule has 4 aromatic rings. The number of methoxy groups -OCH3 is 1. The summed E-state index contributed by atoms with van der Waals surface area (Å²) in [6.45, 7) is 5.01. The molecule has 3 heterocycles. The molecule has 6 nitrogen and oxygen atoms in total. The molecule has 0 spiro atoms. The minimum atomic E-state index is -0.225. The highest BCUT2D eigenvalue weighted by Gasteiger charge is 2.31. The molecule has 0 fully saturated rings. The van der Waals surface area contributed by atoms with E-state index >= 15 is 0 Å². The molecule has 0 bridgehead atoms. The summed E-state index contributed by atoms with van der Waals surface area (Å²) in [5.41, 5.74) is 3.94. The number of fused-ring (bicyclic) bond motifs is 1. The molecular weight excluding hydrogens is 417 g/mol. The molecule has 0 aliphatic carbocycles. The molecule has 0 unspecified atom stereocenters. The molecule has 0 saturated carbocycles. The third-order valence-corrected chi connectivity index (χ3v) is 6.21. The molecule has 1 aliphatic heterocycles. The molecule has 1 aliphatic rings. The second-order valence-electron chi connectivity index (χ2n) is 8.53. The Morgan fingerprint density at radius 1 is 1.12 bits per heavy atom. The van der Waals surface area contributed by atoms with E-state index in [0.717, 1.165) is 47.0 Å². The standard InChI is InChI=1S/C26H26FN5O/c1-17-12-13-32-26(25(17)20-6-8-21(27)9-7-20)29-24(30-32)11-5-19-4-10-22(23(14-19)33-3)31-15-18(2)28-16-31/h4-11,14-17,25H,12-13H2,1-3H3/b11-5+/t17-,25-/m0/s1. The Morgan fingerprint density at radius 2 is 1.94 bits per heavy atom. The van der Waals surface area contributed by atoms with E-state index in [1.807, 2.05) is 64.9 Å². The van der Waals surface area contributed by atoms with Gasteiger partial charge in [-0.05, 0) is 60.7 Å². The number of benzene rings is 2. The molecule has 33 heavy (non-hydrogen) atoms. The third-order valence-electron chi connectivity index (χ3n) is 6.21. The first-order chi connectivity index (χ1) is 16.0. The summed E-state index contributed by atoms with van der Waals surface area (Å²) in [7, 11) is 1.66. The molecule has 2 aromatic heterocycles. The van der Waals surface area contributed by atoms with E-state index in [1.54, 1.807) is 13.4 Å². The molecule has 0 amide bonds. The molecule has 0 saturated heterocycles. The van der Waals surface area contributed by atoms with Crippen molar-refractivity contribution in [1.82, 2.24) is 24.3 Å². The number of nitrogens with zero attached hydrogens (tertiary/aromatic N) is 5. The van der Waals surface area contributed by atoms with Gasteiger partial charge in [-0.2, -0.15) is 5.10 Å². The zero-order valence-electron chi connectivity index (χ0n) is 18.9. The summed E-state index contributed by atoms with van der Waals surface area (Å²) in [6, 6.07) is 12.8. The van der Waals surface area contributed by atoms with Crippen LogP contribution in [0.25, 0.3) is 17.8 Å². The van der Waals surface area contributed by atoms with Gasteiger partial charge in [0.05, 0.1) is 24.8 Å². The van der Waals surface area contributed by atoms with Crippen LogP contribution in [0.15, 0.2) is 55.0 Å². The fourth-order valence-corrected chi connectivity index (χ4v) is 4.47. The Labute approximate surface area is 192 Å². The van der Waals surface area contributed by atoms with Crippen molar-refractivity contribution in [3.05, 3.63) is 89.3 Å². The first-order valence-electron chi connectivity index (χ1n) is 11.1. The average Bonchev–Trinajstić information content (AvgIpc) is 3.44. The van der Waals surface area contributed by atoms with Crippen LogP contribution < -0.4 is 4.74 Å². The highest BCUT2D eigenvalue weighted by Crippen LogP contribution is 2.37. The molecule has 168 valence electrons. The van der Waals surface area contributed by atoms with Gasteiger partial charge in [-0.25, -0.2) is 19.0 Å². The first-order valence-corrected chi connectivity index (χ1v) is 11.1. The number of imidazole rings is 1. The zero-order valence-corrected chi connectivity index (χ0v) is 18.9. The topological polar surface area (TPSA) is 57.8 Å². The summed E-state index contributed by atoms with van der Waals surface area (Å²) >= 11 is 0. The van der Waals surface area contributed by atoms with Gasteiger partial charge < -0.3 is 9.30 Å². The summed E-state index contributed by atoms with van der Waals surface area (Å²) in [4.78, 5) is 9.13. The van der Waals surface area contributed by atoms with Gasteiger partial charge in [-0.3, -0.25) is 0 Å². The fourth-order valence-electron chi connectivity index (χ4n) is 4.47. The molecular formula is C26H26FN5O. The van der Waals surface area contributed by atoms with Gasteiger partial charge in [0.15, 0.2) is 5.82 Å². The van der Waals surface area contributed by atoms with Gasteiger partial charge in [-0.1, -0.05) is 31.2 Å². The van der Waals surface area contributed by atoms with Crippen LogP contribution in [0.4, 0.5) is 4.39 Å². The van der Waals surface area contributed by atoms with Crippen molar-refractivity contribution in [2.75, 3.05) is 7.11 Å². The van der Waals surface area contributed by atoms with E-state index in [4.69, 9.17) is 14.8 Å². The quantitative estimate of drug-likeness (QED) is 0.422. The van der Waals surface area contributed by atoms with E-state index < -0.39 is 0 Å². The van der Waals surface area contributed by atoms with Crippen molar-refractivity contribution in [1.29, 1.82) is 0 Å². The third kappa shape index (κ3) is 4.18. The lowest BCUT2D eigenvalue weighted by molar-refractivity contribution is 0.347. The van der Waals surface area contributed by atoms with Gasteiger partial charge in [0.25, 0.3) is 0 Å². The van der Waals surface area contributed by atoms with E-state index in [-0.39, 0.29) is 11.7 Å². The Hall–Kier alpha value is -3.74. The van der Waals surface area contributed by atoms with Crippen molar-refractivity contribution in [2.45, 2.75) is 32.7 Å².